The highest BCUT2D eigenvalue weighted by Gasteiger charge is 2.12. The number of hydrogen-bond donors (Lipinski definition) is 1. The van der Waals surface area contributed by atoms with Gasteiger partial charge < -0.3 is 14.3 Å². The summed E-state index contributed by atoms with van der Waals surface area (Å²) in [7, 11) is 0. The van der Waals surface area contributed by atoms with Gasteiger partial charge >= 0.3 is 0 Å². The van der Waals surface area contributed by atoms with Crippen LogP contribution in [0.5, 0.6) is 0 Å². The molecule has 0 saturated heterocycles. The Morgan fingerprint density at radius 1 is 1.26 bits per heavy atom. The minimum absolute atomic E-state index is 0.314. The van der Waals surface area contributed by atoms with E-state index < -0.39 is 6.10 Å². The molecule has 0 unspecified atom stereocenters. The van der Waals surface area contributed by atoms with Gasteiger partial charge in [0.25, 0.3) is 0 Å². The van der Waals surface area contributed by atoms with E-state index in [1.165, 1.54) is 11.1 Å². The molecule has 4 heteroatoms. The first-order chi connectivity index (χ1) is 11.2. The summed E-state index contributed by atoms with van der Waals surface area (Å²) in [6, 6.07) is 12.2. The van der Waals surface area contributed by atoms with Gasteiger partial charge in [0.05, 0.1) is 19.0 Å². The Morgan fingerprint density at radius 2 is 2.13 bits per heavy atom. The van der Waals surface area contributed by atoms with E-state index in [0.717, 1.165) is 25.3 Å². The molecule has 2 rings (SSSR count). The van der Waals surface area contributed by atoms with Crippen LogP contribution in [0.25, 0.3) is 0 Å². The summed E-state index contributed by atoms with van der Waals surface area (Å²) in [5.41, 5.74) is 2.54. The zero-order chi connectivity index (χ0) is 16.5. The molecule has 23 heavy (non-hydrogen) atoms. The second-order valence-electron chi connectivity index (χ2n) is 5.97. The van der Waals surface area contributed by atoms with Crippen LogP contribution in [0, 0.1) is 6.92 Å². The van der Waals surface area contributed by atoms with Crippen LogP contribution >= 0.6 is 0 Å². The molecule has 0 spiro atoms. The second kappa shape index (κ2) is 9.50. The molecule has 0 fully saturated rings. The summed E-state index contributed by atoms with van der Waals surface area (Å²) in [4.78, 5) is 2.27. The summed E-state index contributed by atoms with van der Waals surface area (Å²) in [5, 5.41) is 10.2. The Labute approximate surface area is 138 Å². The largest absolute Gasteiger partial charge is 0.467 e. The number of aryl methyl sites for hydroxylation is 1. The normalized spacial score (nSPS) is 12.7. The van der Waals surface area contributed by atoms with Gasteiger partial charge in [0.15, 0.2) is 0 Å². The van der Waals surface area contributed by atoms with E-state index in [1.54, 1.807) is 6.26 Å². The summed E-state index contributed by atoms with van der Waals surface area (Å²) < 4.78 is 10.7. The van der Waals surface area contributed by atoms with E-state index in [-0.39, 0.29) is 0 Å². The fourth-order valence-electron chi connectivity index (χ4n) is 2.66. The number of aliphatic hydroxyl groups excluding tert-OH is 1. The van der Waals surface area contributed by atoms with Crippen molar-refractivity contribution in [1.82, 2.24) is 4.90 Å². The Kier molecular flexibility index (Phi) is 7.33. The van der Waals surface area contributed by atoms with Crippen molar-refractivity contribution >= 4 is 0 Å². The first-order valence-electron chi connectivity index (χ1n) is 8.23. The third kappa shape index (κ3) is 6.57. The van der Waals surface area contributed by atoms with Gasteiger partial charge in [-0.15, -0.1) is 0 Å². The second-order valence-corrected chi connectivity index (χ2v) is 5.97. The number of rotatable bonds is 10. The van der Waals surface area contributed by atoms with Crippen molar-refractivity contribution in [3.63, 3.8) is 0 Å². The van der Waals surface area contributed by atoms with Crippen molar-refractivity contribution in [3.05, 3.63) is 59.5 Å². The summed E-state index contributed by atoms with van der Waals surface area (Å²) in [6.45, 7) is 7.40. The lowest BCUT2D eigenvalue weighted by molar-refractivity contribution is 0.00387. The molecule has 126 valence electrons. The maximum atomic E-state index is 10.2. The topological polar surface area (TPSA) is 45.8 Å². The highest BCUT2D eigenvalue weighted by atomic mass is 16.5. The quantitative estimate of drug-likeness (QED) is 0.730. The lowest BCUT2D eigenvalue weighted by atomic mass is 10.1. The van der Waals surface area contributed by atoms with E-state index in [9.17, 15) is 5.11 Å². The van der Waals surface area contributed by atoms with Crippen molar-refractivity contribution < 1.29 is 14.3 Å². The Balaban J connectivity index is 1.78. The van der Waals surface area contributed by atoms with Gasteiger partial charge in [-0.3, -0.25) is 4.90 Å². The van der Waals surface area contributed by atoms with Crippen molar-refractivity contribution in [3.8, 4) is 0 Å². The van der Waals surface area contributed by atoms with E-state index in [2.05, 4.69) is 43.0 Å². The van der Waals surface area contributed by atoms with Crippen LogP contribution in [0.1, 0.15) is 30.2 Å². The lowest BCUT2D eigenvalue weighted by Crippen LogP contribution is -2.35. The fourth-order valence-corrected chi connectivity index (χ4v) is 2.66. The van der Waals surface area contributed by atoms with Crippen LogP contribution in [0.2, 0.25) is 0 Å². The van der Waals surface area contributed by atoms with Crippen LogP contribution in [0.4, 0.5) is 0 Å². The molecular formula is C19H27NO3. The van der Waals surface area contributed by atoms with E-state index in [4.69, 9.17) is 9.15 Å². The monoisotopic (exact) mass is 317 g/mol. The predicted octanol–water partition coefficient (Wildman–Crippen LogP) is 3.38. The van der Waals surface area contributed by atoms with Gasteiger partial charge in [0.1, 0.15) is 12.4 Å². The average Bonchev–Trinajstić information content (AvgIpc) is 3.01. The van der Waals surface area contributed by atoms with Gasteiger partial charge in [-0.2, -0.15) is 0 Å². The summed E-state index contributed by atoms with van der Waals surface area (Å²) in [6.07, 6.45) is 2.19. The van der Waals surface area contributed by atoms with Crippen LogP contribution in [-0.4, -0.2) is 35.8 Å². The molecule has 4 nitrogen and oxygen atoms in total. The van der Waals surface area contributed by atoms with Crippen LogP contribution in [-0.2, 0) is 17.9 Å². The van der Waals surface area contributed by atoms with Crippen molar-refractivity contribution in [2.24, 2.45) is 0 Å². The lowest BCUT2D eigenvalue weighted by Gasteiger charge is -2.24. The van der Waals surface area contributed by atoms with Crippen LogP contribution in [0.15, 0.2) is 47.1 Å². The first-order valence-corrected chi connectivity index (χ1v) is 8.23. The molecule has 0 aliphatic rings. The van der Waals surface area contributed by atoms with Crippen molar-refractivity contribution in [2.45, 2.75) is 39.5 Å². The standard InChI is InChI=1S/C19H27NO3/c1-3-9-20(12-17-7-4-6-16(2)11-17)13-18(21)14-22-15-19-8-5-10-23-19/h4-8,10-11,18,21H,3,9,12-15H2,1-2H3/t18-/m1/s1. The number of hydrogen-bond acceptors (Lipinski definition) is 4. The number of nitrogens with zero attached hydrogens (tertiary/aromatic N) is 1. The molecule has 1 aromatic heterocycles. The minimum Gasteiger partial charge on any atom is -0.467 e. The van der Waals surface area contributed by atoms with Gasteiger partial charge in [-0.25, -0.2) is 0 Å². The Morgan fingerprint density at radius 3 is 2.83 bits per heavy atom. The molecule has 0 aliphatic carbocycles. The van der Waals surface area contributed by atoms with Gasteiger partial charge in [-0.1, -0.05) is 36.8 Å². The zero-order valence-corrected chi connectivity index (χ0v) is 14.1. The van der Waals surface area contributed by atoms with Gasteiger partial charge in [0, 0.05) is 13.1 Å². The number of aliphatic hydroxyl groups is 1. The molecule has 1 heterocycles. The number of ether oxygens (including phenoxy) is 1. The van der Waals surface area contributed by atoms with E-state index in [0.29, 0.717) is 19.8 Å². The number of furan rings is 1. The molecular weight excluding hydrogens is 290 g/mol. The minimum atomic E-state index is -0.499. The molecule has 0 bridgehead atoms. The summed E-state index contributed by atoms with van der Waals surface area (Å²) >= 11 is 0. The highest BCUT2D eigenvalue weighted by molar-refractivity contribution is 5.22. The molecule has 0 aliphatic heterocycles. The van der Waals surface area contributed by atoms with Gasteiger partial charge in [0.2, 0.25) is 0 Å². The highest BCUT2D eigenvalue weighted by Crippen LogP contribution is 2.09. The third-order valence-corrected chi connectivity index (χ3v) is 3.63. The molecule has 0 radical (unpaired) electrons. The Bertz CT molecular complexity index is 554. The average molecular weight is 317 g/mol. The SMILES string of the molecule is CCCN(Cc1cccc(C)c1)C[C@@H](O)COCc1ccco1. The fraction of sp³-hybridized carbons (Fsp3) is 0.474. The van der Waals surface area contributed by atoms with Gasteiger partial charge in [-0.05, 0) is 37.6 Å². The zero-order valence-electron chi connectivity index (χ0n) is 14.1. The molecule has 1 N–H and O–H groups in total. The van der Waals surface area contributed by atoms with E-state index >= 15 is 0 Å². The van der Waals surface area contributed by atoms with E-state index in [1.807, 2.05) is 12.1 Å². The maximum Gasteiger partial charge on any atom is 0.129 e. The molecule has 2 aromatic rings. The molecule has 1 aromatic carbocycles. The first kappa shape index (κ1) is 17.7. The van der Waals surface area contributed by atoms with Crippen LogP contribution < -0.4 is 0 Å². The van der Waals surface area contributed by atoms with Crippen molar-refractivity contribution in [1.29, 1.82) is 0 Å². The summed E-state index contributed by atoms with van der Waals surface area (Å²) in [5.74, 6) is 0.780. The molecule has 0 amide bonds. The van der Waals surface area contributed by atoms with Crippen molar-refractivity contribution in [2.75, 3.05) is 19.7 Å². The third-order valence-electron chi connectivity index (χ3n) is 3.63. The Hall–Kier alpha value is -1.62. The molecule has 1 atom stereocenters. The number of benzene rings is 1. The smallest absolute Gasteiger partial charge is 0.129 e. The maximum absolute atomic E-state index is 10.2. The van der Waals surface area contributed by atoms with Crippen LogP contribution in [0.3, 0.4) is 0 Å². The molecule has 0 saturated carbocycles. The predicted molar refractivity (Wildman–Crippen MR) is 91.1 cm³/mol.